The number of hydrogen-bond acceptors (Lipinski definition) is 2. The summed E-state index contributed by atoms with van der Waals surface area (Å²) in [6, 6.07) is 4.22. The number of phenolic OH excluding ortho intramolecular Hbond substituents is 1. The van der Waals surface area contributed by atoms with E-state index in [0.29, 0.717) is 5.92 Å². The molecule has 0 radical (unpaired) electrons. The Morgan fingerprint density at radius 3 is 2.69 bits per heavy atom. The van der Waals surface area contributed by atoms with Gasteiger partial charge in [0.2, 0.25) is 0 Å². The fraction of sp³-hybridized carbons (Fsp3) is 0.250. The summed E-state index contributed by atoms with van der Waals surface area (Å²) in [5, 5.41) is 9.27. The normalized spacial score (nSPS) is 11.0. The molecule has 0 atom stereocenters. The summed E-state index contributed by atoms with van der Waals surface area (Å²) in [5.74, 6) is 0.215. The molecule has 1 aromatic heterocycles. The number of hydrogen-bond donors (Lipinski definition) is 2. The van der Waals surface area contributed by atoms with E-state index >= 15 is 0 Å². The Labute approximate surface area is 93.0 Å². The monoisotopic (exact) mass is 220 g/mol. The number of benzene rings is 1. The summed E-state index contributed by atoms with van der Waals surface area (Å²) in [5.41, 5.74) is 1.50. The van der Waals surface area contributed by atoms with Crippen LogP contribution in [0.25, 0.3) is 11.3 Å². The molecule has 1 aromatic carbocycles. The number of aromatic nitrogens is 2. The van der Waals surface area contributed by atoms with Crippen LogP contribution in [0.1, 0.15) is 25.6 Å². The van der Waals surface area contributed by atoms with Gasteiger partial charge in [-0.25, -0.2) is 9.37 Å². The van der Waals surface area contributed by atoms with Gasteiger partial charge in [0.05, 0.1) is 11.9 Å². The van der Waals surface area contributed by atoms with Crippen LogP contribution < -0.4 is 0 Å². The SMILES string of the molecule is CC(C)c1ncc(-c2ccc(F)c(O)c2)[nH]1. The van der Waals surface area contributed by atoms with E-state index in [-0.39, 0.29) is 5.75 Å². The second-order valence-corrected chi connectivity index (χ2v) is 4.00. The van der Waals surface area contributed by atoms with Crippen molar-refractivity contribution in [2.45, 2.75) is 19.8 Å². The fourth-order valence-electron chi connectivity index (χ4n) is 1.46. The summed E-state index contributed by atoms with van der Waals surface area (Å²) in [4.78, 5) is 7.34. The lowest BCUT2D eigenvalue weighted by molar-refractivity contribution is 0.432. The van der Waals surface area contributed by atoms with Crippen molar-refractivity contribution in [1.82, 2.24) is 9.97 Å². The zero-order chi connectivity index (χ0) is 11.7. The molecule has 0 aliphatic heterocycles. The molecule has 0 spiro atoms. The van der Waals surface area contributed by atoms with Crippen molar-refractivity contribution >= 4 is 0 Å². The second-order valence-electron chi connectivity index (χ2n) is 4.00. The average molecular weight is 220 g/mol. The first-order chi connectivity index (χ1) is 7.58. The second kappa shape index (κ2) is 3.96. The van der Waals surface area contributed by atoms with Gasteiger partial charge in [-0.1, -0.05) is 13.8 Å². The molecule has 2 aromatic rings. The van der Waals surface area contributed by atoms with Crippen LogP contribution in [0.5, 0.6) is 5.75 Å². The van der Waals surface area contributed by atoms with Crippen LogP contribution >= 0.6 is 0 Å². The number of phenols is 1. The van der Waals surface area contributed by atoms with E-state index in [4.69, 9.17) is 0 Å². The Bertz CT molecular complexity index is 505. The van der Waals surface area contributed by atoms with Crippen molar-refractivity contribution in [3.05, 3.63) is 36.0 Å². The minimum Gasteiger partial charge on any atom is -0.505 e. The minimum atomic E-state index is -0.618. The smallest absolute Gasteiger partial charge is 0.164 e. The topological polar surface area (TPSA) is 48.9 Å². The van der Waals surface area contributed by atoms with Gasteiger partial charge in [0, 0.05) is 11.5 Å². The Balaban J connectivity index is 2.39. The first-order valence-corrected chi connectivity index (χ1v) is 5.11. The van der Waals surface area contributed by atoms with Crippen LogP contribution in [0.15, 0.2) is 24.4 Å². The molecule has 2 rings (SSSR count). The third-order valence-corrected chi connectivity index (χ3v) is 2.40. The van der Waals surface area contributed by atoms with Crippen molar-refractivity contribution in [3.8, 4) is 17.0 Å². The van der Waals surface area contributed by atoms with Crippen LogP contribution in [0.4, 0.5) is 4.39 Å². The number of halogens is 1. The number of imidazole rings is 1. The number of aromatic hydroxyl groups is 1. The zero-order valence-electron chi connectivity index (χ0n) is 9.16. The van der Waals surface area contributed by atoms with Crippen molar-refractivity contribution in [1.29, 1.82) is 0 Å². The van der Waals surface area contributed by atoms with Gasteiger partial charge in [-0.2, -0.15) is 0 Å². The third-order valence-electron chi connectivity index (χ3n) is 2.40. The van der Waals surface area contributed by atoms with Crippen LogP contribution in [-0.2, 0) is 0 Å². The molecule has 2 N–H and O–H groups in total. The molecule has 0 aliphatic rings. The number of nitrogens with zero attached hydrogens (tertiary/aromatic N) is 1. The van der Waals surface area contributed by atoms with Gasteiger partial charge in [0.25, 0.3) is 0 Å². The Hall–Kier alpha value is -1.84. The van der Waals surface area contributed by atoms with Crippen LogP contribution in [0, 0.1) is 5.82 Å². The van der Waals surface area contributed by atoms with E-state index < -0.39 is 5.82 Å². The van der Waals surface area contributed by atoms with Crippen molar-refractivity contribution in [2.24, 2.45) is 0 Å². The number of nitrogens with one attached hydrogen (secondary N) is 1. The zero-order valence-corrected chi connectivity index (χ0v) is 9.16. The maximum absolute atomic E-state index is 12.9. The highest BCUT2D eigenvalue weighted by Gasteiger charge is 2.08. The van der Waals surface area contributed by atoms with Crippen molar-refractivity contribution in [3.63, 3.8) is 0 Å². The van der Waals surface area contributed by atoms with Gasteiger partial charge < -0.3 is 10.1 Å². The Morgan fingerprint density at radius 1 is 1.38 bits per heavy atom. The highest BCUT2D eigenvalue weighted by molar-refractivity contribution is 5.60. The molecule has 0 aliphatic carbocycles. The molecule has 4 heteroatoms. The van der Waals surface area contributed by atoms with Crippen LogP contribution in [0.3, 0.4) is 0 Å². The van der Waals surface area contributed by atoms with Gasteiger partial charge in [-0.3, -0.25) is 0 Å². The van der Waals surface area contributed by atoms with Gasteiger partial charge in [-0.15, -0.1) is 0 Å². The van der Waals surface area contributed by atoms with Crippen molar-refractivity contribution in [2.75, 3.05) is 0 Å². The van der Waals surface area contributed by atoms with Crippen molar-refractivity contribution < 1.29 is 9.50 Å². The highest BCUT2D eigenvalue weighted by Crippen LogP contribution is 2.25. The lowest BCUT2D eigenvalue weighted by Gasteiger charge is -2.01. The predicted octanol–water partition coefficient (Wildman–Crippen LogP) is 3.04. The summed E-state index contributed by atoms with van der Waals surface area (Å²) >= 11 is 0. The van der Waals surface area contributed by atoms with E-state index in [2.05, 4.69) is 9.97 Å². The molecule has 16 heavy (non-hydrogen) atoms. The average Bonchev–Trinajstić information content (AvgIpc) is 2.71. The molecule has 0 unspecified atom stereocenters. The standard InChI is InChI=1S/C12H13FN2O/c1-7(2)12-14-6-10(15-12)8-3-4-9(13)11(16)5-8/h3-7,16H,1-2H3,(H,14,15). The van der Waals surface area contributed by atoms with E-state index in [9.17, 15) is 9.50 Å². The molecular formula is C12H13FN2O. The predicted molar refractivity (Wildman–Crippen MR) is 59.7 cm³/mol. The van der Waals surface area contributed by atoms with E-state index in [1.807, 2.05) is 13.8 Å². The lowest BCUT2D eigenvalue weighted by atomic mass is 10.1. The molecule has 3 nitrogen and oxygen atoms in total. The maximum Gasteiger partial charge on any atom is 0.164 e. The summed E-state index contributed by atoms with van der Waals surface area (Å²) < 4.78 is 12.9. The first-order valence-electron chi connectivity index (χ1n) is 5.11. The lowest BCUT2D eigenvalue weighted by Crippen LogP contribution is -1.89. The first kappa shape index (κ1) is 10.7. The molecule has 84 valence electrons. The quantitative estimate of drug-likeness (QED) is 0.817. The summed E-state index contributed by atoms with van der Waals surface area (Å²) in [6.45, 7) is 4.06. The summed E-state index contributed by atoms with van der Waals surface area (Å²) in [7, 11) is 0. The third kappa shape index (κ3) is 1.91. The van der Waals surface area contributed by atoms with Crippen LogP contribution in [0.2, 0.25) is 0 Å². The van der Waals surface area contributed by atoms with Gasteiger partial charge in [0.1, 0.15) is 5.82 Å². The van der Waals surface area contributed by atoms with Gasteiger partial charge >= 0.3 is 0 Å². The largest absolute Gasteiger partial charge is 0.505 e. The molecule has 0 saturated heterocycles. The number of rotatable bonds is 2. The van der Waals surface area contributed by atoms with E-state index in [1.165, 1.54) is 12.1 Å². The number of H-pyrrole nitrogens is 1. The highest BCUT2D eigenvalue weighted by atomic mass is 19.1. The fourth-order valence-corrected chi connectivity index (χ4v) is 1.46. The Morgan fingerprint density at radius 2 is 2.12 bits per heavy atom. The summed E-state index contributed by atoms with van der Waals surface area (Å²) in [6.07, 6.45) is 1.68. The molecule has 0 fully saturated rings. The molecule has 0 bridgehead atoms. The molecule has 1 heterocycles. The van der Waals surface area contributed by atoms with E-state index in [1.54, 1.807) is 12.3 Å². The molecular weight excluding hydrogens is 207 g/mol. The molecule has 0 amide bonds. The maximum atomic E-state index is 12.9. The Kier molecular flexibility index (Phi) is 2.64. The van der Waals surface area contributed by atoms with Gasteiger partial charge in [-0.05, 0) is 18.2 Å². The molecule has 0 saturated carbocycles. The van der Waals surface area contributed by atoms with E-state index in [0.717, 1.165) is 17.1 Å². The van der Waals surface area contributed by atoms with Gasteiger partial charge in [0.15, 0.2) is 11.6 Å². The number of aromatic amines is 1. The minimum absolute atomic E-state index is 0.308. The van der Waals surface area contributed by atoms with Crippen LogP contribution in [-0.4, -0.2) is 15.1 Å².